The van der Waals surface area contributed by atoms with Crippen molar-refractivity contribution in [2.45, 2.75) is 43.0 Å². The van der Waals surface area contributed by atoms with Crippen molar-refractivity contribution in [3.63, 3.8) is 0 Å². The van der Waals surface area contributed by atoms with E-state index in [1.807, 2.05) is 13.8 Å². The lowest BCUT2D eigenvalue weighted by atomic mass is 10.2. The summed E-state index contributed by atoms with van der Waals surface area (Å²) in [6, 6.07) is 3.41. The topological polar surface area (TPSA) is 49.4 Å². The van der Waals surface area contributed by atoms with Crippen LogP contribution in [0, 0.1) is 0 Å². The molecule has 2 heterocycles. The Kier molecular flexibility index (Phi) is 4.89. The predicted octanol–water partition coefficient (Wildman–Crippen LogP) is 2.55. The van der Waals surface area contributed by atoms with E-state index in [0.717, 1.165) is 30.7 Å². The molecule has 7 heteroatoms. The van der Waals surface area contributed by atoms with Crippen molar-refractivity contribution in [3.8, 4) is 0 Å². The van der Waals surface area contributed by atoms with Gasteiger partial charge < -0.3 is 5.32 Å². The van der Waals surface area contributed by atoms with E-state index in [1.165, 1.54) is 0 Å². The van der Waals surface area contributed by atoms with Crippen LogP contribution in [0.3, 0.4) is 0 Å². The molecular weight excluding hydrogens is 304 g/mol. The van der Waals surface area contributed by atoms with Crippen molar-refractivity contribution in [3.05, 3.63) is 16.5 Å². The van der Waals surface area contributed by atoms with Gasteiger partial charge in [-0.2, -0.15) is 4.31 Å². The Hall–Kier alpha value is -0.140. The van der Waals surface area contributed by atoms with Gasteiger partial charge in [0.1, 0.15) is 4.21 Å². The number of sulfonamides is 1. The fraction of sp³-hybridized carbons (Fsp3) is 0.667. The smallest absolute Gasteiger partial charge is 0.252 e. The molecule has 4 nitrogen and oxygen atoms in total. The minimum atomic E-state index is -3.44. The van der Waals surface area contributed by atoms with Gasteiger partial charge in [0.15, 0.2) is 0 Å². The molecule has 2 rings (SSSR count). The number of thiophene rings is 1. The zero-order valence-electron chi connectivity index (χ0n) is 11.1. The molecule has 19 heavy (non-hydrogen) atoms. The van der Waals surface area contributed by atoms with Crippen LogP contribution >= 0.6 is 22.9 Å². The summed E-state index contributed by atoms with van der Waals surface area (Å²) in [5, 5.41) is 3.34. The number of rotatable bonds is 5. The third-order valence-electron chi connectivity index (χ3n) is 3.25. The summed E-state index contributed by atoms with van der Waals surface area (Å²) in [5.41, 5.74) is 0. The lowest BCUT2D eigenvalue weighted by molar-refractivity contribution is 0.323. The first-order valence-corrected chi connectivity index (χ1v) is 9.05. The molecule has 1 fully saturated rings. The minimum absolute atomic E-state index is 0.0618. The van der Waals surface area contributed by atoms with Crippen molar-refractivity contribution in [2.24, 2.45) is 0 Å². The van der Waals surface area contributed by atoms with Crippen LogP contribution in [0.15, 0.2) is 16.3 Å². The second-order valence-corrected chi connectivity index (χ2v) is 8.85. The van der Waals surface area contributed by atoms with Crippen LogP contribution < -0.4 is 5.32 Å². The van der Waals surface area contributed by atoms with Gasteiger partial charge in [-0.05, 0) is 45.4 Å². The van der Waals surface area contributed by atoms with Gasteiger partial charge in [-0.3, -0.25) is 0 Å². The molecule has 0 amide bonds. The molecule has 0 aliphatic carbocycles. The van der Waals surface area contributed by atoms with E-state index >= 15 is 0 Å². The average molecular weight is 323 g/mol. The zero-order valence-corrected chi connectivity index (χ0v) is 13.5. The van der Waals surface area contributed by atoms with Gasteiger partial charge in [-0.1, -0.05) is 11.6 Å². The SMILES string of the molecule is CC(C)N(CC1CCCN1)S(=O)(=O)c1ccc(Cl)s1. The Morgan fingerprint density at radius 2 is 2.26 bits per heavy atom. The summed E-state index contributed by atoms with van der Waals surface area (Å²) in [6.07, 6.45) is 2.14. The molecule has 0 saturated carbocycles. The van der Waals surface area contributed by atoms with Gasteiger partial charge in [0.25, 0.3) is 10.0 Å². The zero-order chi connectivity index (χ0) is 14.0. The van der Waals surface area contributed by atoms with Crippen molar-refractivity contribution < 1.29 is 8.42 Å². The molecule has 1 aromatic heterocycles. The van der Waals surface area contributed by atoms with Gasteiger partial charge in [0.05, 0.1) is 4.34 Å². The highest BCUT2D eigenvalue weighted by Crippen LogP contribution is 2.29. The number of nitrogens with one attached hydrogen (secondary N) is 1. The number of nitrogens with zero attached hydrogens (tertiary/aromatic N) is 1. The summed E-state index contributed by atoms with van der Waals surface area (Å²) in [5.74, 6) is 0. The van der Waals surface area contributed by atoms with Crippen LogP contribution in [0.4, 0.5) is 0 Å². The first kappa shape index (κ1) is 15.3. The first-order valence-electron chi connectivity index (χ1n) is 6.42. The fourth-order valence-electron chi connectivity index (χ4n) is 2.27. The Bertz CT molecular complexity index is 522. The third-order valence-corrected chi connectivity index (χ3v) is 6.99. The monoisotopic (exact) mass is 322 g/mol. The van der Waals surface area contributed by atoms with Crippen LogP contribution in [0.25, 0.3) is 0 Å². The van der Waals surface area contributed by atoms with Gasteiger partial charge in [0, 0.05) is 18.6 Å². The molecule has 1 aromatic rings. The number of halogens is 1. The maximum absolute atomic E-state index is 12.6. The Morgan fingerprint density at radius 1 is 1.53 bits per heavy atom. The fourth-order valence-corrected chi connectivity index (χ4v) is 5.56. The first-order chi connectivity index (χ1) is 8.91. The van der Waals surface area contributed by atoms with Crippen LogP contribution in [0.2, 0.25) is 4.34 Å². The van der Waals surface area contributed by atoms with Gasteiger partial charge in [-0.25, -0.2) is 8.42 Å². The van der Waals surface area contributed by atoms with E-state index in [4.69, 9.17) is 11.6 Å². The van der Waals surface area contributed by atoms with Crippen molar-refractivity contribution in [2.75, 3.05) is 13.1 Å². The third kappa shape index (κ3) is 3.49. The van der Waals surface area contributed by atoms with Crippen LogP contribution in [0.5, 0.6) is 0 Å². The van der Waals surface area contributed by atoms with Crippen molar-refractivity contribution >= 4 is 33.0 Å². The Balaban J connectivity index is 2.22. The van der Waals surface area contributed by atoms with Crippen molar-refractivity contribution in [1.82, 2.24) is 9.62 Å². The summed E-state index contributed by atoms with van der Waals surface area (Å²) >= 11 is 6.96. The molecule has 1 unspecified atom stereocenters. The van der Waals surface area contributed by atoms with Crippen molar-refractivity contribution in [1.29, 1.82) is 0 Å². The predicted molar refractivity (Wildman–Crippen MR) is 79.4 cm³/mol. The van der Waals surface area contributed by atoms with Gasteiger partial charge in [0.2, 0.25) is 0 Å². The highest BCUT2D eigenvalue weighted by molar-refractivity contribution is 7.91. The van der Waals surface area contributed by atoms with Crippen LogP contribution in [-0.4, -0.2) is 37.9 Å². The normalized spacial score (nSPS) is 20.6. The molecule has 0 bridgehead atoms. The Labute approximate surface area is 123 Å². The molecular formula is C12H19ClN2O2S2. The largest absolute Gasteiger partial charge is 0.313 e. The minimum Gasteiger partial charge on any atom is -0.313 e. The van der Waals surface area contributed by atoms with E-state index < -0.39 is 10.0 Å². The molecule has 1 atom stereocenters. The molecule has 1 saturated heterocycles. The molecule has 1 N–H and O–H groups in total. The van der Waals surface area contributed by atoms with Crippen LogP contribution in [-0.2, 0) is 10.0 Å². The number of hydrogen-bond donors (Lipinski definition) is 1. The highest BCUT2D eigenvalue weighted by Gasteiger charge is 2.31. The molecule has 0 spiro atoms. The molecule has 0 radical (unpaired) electrons. The average Bonchev–Trinajstić information content (AvgIpc) is 2.96. The van der Waals surface area contributed by atoms with E-state index in [1.54, 1.807) is 16.4 Å². The second kappa shape index (κ2) is 6.10. The Morgan fingerprint density at radius 3 is 2.74 bits per heavy atom. The lowest BCUT2D eigenvalue weighted by Crippen LogP contribution is -2.44. The van der Waals surface area contributed by atoms with E-state index in [0.29, 0.717) is 15.1 Å². The quantitative estimate of drug-likeness (QED) is 0.906. The summed E-state index contributed by atoms with van der Waals surface area (Å²) in [7, 11) is -3.44. The summed E-state index contributed by atoms with van der Waals surface area (Å²) in [4.78, 5) is 0. The molecule has 1 aliphatic heterocycles. The lowest BCUT2D eigenvalue weighted by Gasteiger charge is -2.28. The van der Waals surface area contributed by atoms with Gasteiger partial charge in [-0.15, -0.1) is 11.3 Å². The molecule has 108 valence electrons. The van der Waals surface area contributed by atoms with E-state index in [9.17, 15) is 8.42 Å². The summed E-state index contributed by atoms with van der Waals surface area (Å²) in [6.45, 7) is 5.31. The standard InChI is InChI=1S/C12H19ClN2O2S2/c1-9(2)15(8-10-4-3-7-14-10)19(16,17)12-6-5-11(13)18-12/h5-6,9-10,14H,3-4,7-8H2,1-2H3. The highest BCUT2D eigenvalue weighted by atomic mass is 35.5. The molecule has 0 aromatic carbocycles. The molecule has 1 aliphatic rings. The summed E-state index contributed by atoms with van der Waals surface area (Å²) < 4.78 is 27.6. The van der Waals surface area contributed by atoms with Crippen LogP contribution in [0.1, 0.15) is 26.7 Å². The number of hydrogen-bond acceptors (Lipinski definition) is 4. The maximum Gasteiger partial charge on any atom is 0.252 e. The van der Waals surface area contributed by atoms with E-state index in [2.05, 4.69) is 5.32 Å². The van der Waals surface area contributed by atoms with Gasteiger partial charge >= 0.3 is 0 Å². The maximum atomic E-state index is 12.6. The second-order valence-electron chi connectivity index (χ2n) is 5.02. The van der Waals surface area contributed by atoms with E-state index in [-0.39, 0.29) is 12.1 Å².